The molecule has 0 amide bonds. The smallest absolute Gasteiger partial charge is 0.164 e. The molecule has 1 nitrogen and oxygen atoms in total. The molecule has 0 N–H and O–H groups in total. The molecule has 3 saturated carbocycles. The maximum Gasteiger partial charge on any atom is 0.164 e. The maximum absolute atomic E-state index is 13.1. The standard InChI is InChI=1S/C22H32O/c1-14(2)17-13-19-16-9-8-15-7-5-6-11-21(15,3)18(16)10-12-22(19,4)20(17)23/h6,11,15-16,18-19H,5,7-10,12-13H2,1-4H3/t15?,16-,18+,19+,21+,22+/m1/s1. The molecule has 0 aromatic heterocycles. The summed E-state index contributed by atoms with van der Waals surface area (Å²) in [6.45, 7) is 9.09. The summed E-state index contributed by atoms with van der Waals surface area (Å²) in [6, 6.07) is 0. The number of fused-ring (bicyclic) bond motifs is 5. The molecule has 126 valence electrons. The van der Waals surface area contributed by atoms with Crippen molar-refractivity contribution in [1.29, 1.82) is 0 Å². The molecule has 4 rings (SSSR count). The van der Waals surface area contributed by atoms with Crippen molar-refractivity contribution in [3.63, 3.8) is 0 Å². The van der Waals surface area contributed by atoms with E-state index in [1.807, 2.05) is 0 Å². The molecule has 3 fully saturated rings. The highest BCUT2D eigenvalue weighted by Crippen LogP contribution is 2.65. The van der Waals surface area contributed by atoms with Gasteiger partial charge >= 0.3 is 0 Å². The Bertz CT molecular complexity index is 593. The molecule has 4 aliphatic carbocycles. The highest BCUT2D eigenvalue weighted by Gasteiger charge is 2.60. The molecule has 23 heavy (non-hydrogen) atoms. The summed E-state index contributed by atoms with van der Waals surface area (Å²) < 4.78 is 0. The van der Waals surface area contributed by atoms with Crippen LogP contribution in [0.15, 0.2) is 23.3 Å². The third-order valence-electron chi connectivity index (χ3n) is 8.33. The topological polar surface area (TPSA) is 17.1 Å². The highest BCUT2D eigenvalue weighted by molar-refractivity contribution is 6.03. The number of allylic oxidation sites excluding steroid dienone is 4. The maximum atomic E-state index is 13.1. The minimum atomic E-state index is -0.0602. The first-order chi connectivity index (χ1) is 10.9. The van der Waals surface area contributed by atoms with Crippen molar-refractivity contribution >= 4 is 5.78 Å². The van der Waals surface area contributed by atoms with Gasteiger partial charge in [0, 0.05) is 5.41 Å². The van der Waals surface area contributed by atoms with Crippen LogP contribution in [0.4, 0.5) is 0 Å². The molecule has 0 aromatic rings. The van der Waals surface area contributed by atoms with Gasteiger partial charge in [0.2, 0.25) is 0 Å². The number of ketones is 1. The second-order valence-electron chi connectivity index (χ2n) is 9.46. The fraction of sp³-hybridized carbons (Fsp3) is 0.773. The highest BCUT2D eigenvalue weighted by atomic mass is 16.1. The first-order valence-corrected chi connectivity index (χ1v) is 9.77. The average molecular weight is 312 g/mol. The van der Waals surface area contributed by atoms with Gasteiger partial charge in [-0.1, -0.05) is 31.6 Å². The summed E-state index contributed by atoms with van der Waals surface area (Å²) in [5.41, 5.74) is 2.78. The lowest BCUT2D eigenvalue weighted by Gasteiger charge is -2.57. The molecule has 0 spiro atoms. The van der Waals surface area contributed by atoms with Crippen molar-refractivity contribution in [2.75, 3.05) is 0 Å². The van der Waals surface area contributed by atoms with E-state index in [2.05, 4.69) is 39.8 Å². The van der Waals surface area contributed by atoms with E-state index < -0.39 is 0 Å². The number of rotatable bonds is 0. The zero-order chi connectivity index (χ0) is 16.4. The van der Waals surface area contributed by atoms with Gasteiger partial charge in [0.25, 0.3) is 0 Å². The Morgan fingerprint density at radius 3 is 2.61 bits per heavy atom. The second-order valence-corrected chi connectivity index (χ2v) is 9.46. The van der Waals surface area contributed by atoms with Crippen LogP contribution in [-0.4, -0.2) is 5.78 Å². The van der Waals surface area contributed by atoms with Gasteiger partial charge in [-0.2, -0.15) is 0 Å². The lowest BCUT2D eigenvalue weighted by Crippen LogP contribution is -2.51. The van der Waals surface area contributed by atoms with Gasteiger partial charge in [-0.15, -0.1) is 0 Å². The monoisotopic (exact) mass is 312 g/mol. The van der Waals surface area contributed by atoms with Crippen LogP contribution in [0.2, 0.25) is 0 Å². The molecule has 0 bridgehead atoms. The summed E-state index contributed by atoms with van der Waals surface area (Å²) in [4.78, 5) is 13.1. The van der Waals surface area contributed by atoms with E-state index in [9.17, 15) is 4.79 Å². The predicted molar refractivity (Wildman–Crippen MR) is 95.0 cm³/mol. The molecule has 0 aromatic carbocycles. The first-order valence-electron chi connectivity index (χ1n) is 9.77. The van der Waals surface area contributed by atoms with Crippen molar-refractivity contribution in [3.8, 4) is 0 Å². The van der Waals surface area contributed by atoms with Crippen molar-refractivity contribution < 1.29 is 4.79 Å². The SMILES string of the molecule is CC(C)=C1C[C@H]2[C@@H]3CCC4CCC=C[C@]4(C)[C@H]3CC[C@]2(C)C1=O. The van der Waals surface area contributed by atoms with Crippen LogP contribution in [-0.2, 0) is 4.79 Å². The number of carbonyl (C=O) groups is 1. The first kappa shape index (κ1) is 15.7. The van der Waals surface area contributed by atoms with Crippen LogP contribution in [0, 0.1) is 34.5 Å². The van der Waals surface area contributed by atoms with E-state index in [-0.39, 0.29) is 5.41 Å². The Morgan fingerprint density at radius 2 is 1.87 bits per heavy atom. The summed E-state index contributed by atoms with van der Waals surface area (Å²) in [5, 5.41) is 0. The average Bonchev–Trinajstić information content (AvgIpc) is 2.79. The van der Waals surface area contributed by atoms with Gasteiger partial charge < -0.3 is 0 Å². The molecule has 0 heterocycles. The van der Waals surface area contributed by atoms with Crippen molar-refractivity contribution in [2.45, 2.75) is 72.6 Å². The van der Waals surface area contributed by atoms with Crippen LogP contribution < -0.4 is 0 Å². The quantitative estimate of drug-likeness (QED) is 0.413. The zero-order valence-electron chi connectivity index (χ0n) is 15.3. The van der Waals surface area contributed by atoms with E-state index in [0.29, 0.717) is 17.1 Å². The molecule has 0 aliphatic heterocycles. The molecule has 0 radical (unpaired) electrons. The fourth-order valence-electron chi connectivity index (χ4n) is 6.89. The summed E-state index contributed by atoms with van der Waals surface area (Å²) in [6.07, 6.45) is 13.8. The Labute approximate surface area is 141 Å². The van der Waals surface area contributed by atoms with Crippen LogP contribution in [0.25, 0.3) is 0 Å². The summed E-state index contributed by atoms with van der Waals surface area (Å²) in [5.74, 6) is 3.55. The van der Waals surface area contributed by atoms with Crippen molar-refractivity contribution in [3.05, 3.63) is 23.3 Å². The Morgan fingerprint density at radius 1 is 1.09 bits per heavy atom. The Kier molecular flexibility index (Phi) is 3.45. The number of hydrogen-bond acceptors (Lipinski definition) is 1. The van der Waals surface area contributed by atoms with Crippen LogP contribution in [0.3, 0.4) is 0 Å². The number of carbonyl (C=O) groups excluding carboxylic acids is 1. The van der Waals surface area contributed by atoms with Gasteiger partial charge in [-0.05, 0) is 93.5 Å². The normalized spacial score (nSPS) is 48.7. The predicted octanol–water partition coefficient (Wildman–Crippen LogP) is 5.71. The minimum Gasteiger partial charge on any atom is -0.294 e. The molecular weight excluding hydrogens is 280 g/mol. The molecular formula is C22H32O. The zero-order valence-corrected chi connectivity index (χ0v) is 15.3. The van der Waals surface area contributed by atoms with Gasteiger partial charge in [0.1, 0.15) is 0 Å². The molecule has 1 heteroatoms. The van der Waals surface area contributed by atoms with E-state index in [0.717, 1.165) is 30.6 Å². The van der Waals surface area contributed by atoms with Crippen LogP contribution in [0.5, 0.6) is 0 Å². The summed E-state index contributed by atoms with van der Waals surface area (Å²) >= 11 is 0. The molecule has 1 unspecified atom stereocenters. The van der Waals surface area contributed by atoms with E-state index in [1.54, 1.807) is 0 Å². The fourth-order valence-corrected chi connectivity index (χ4v) is 6.89. The second kappa shape index (κ2) is 5.07. The third-order valence-corrected chi connectivity index (χ3v) is 8.33. The van der Waals surface area contributed by atoms with E-state index in [4.69, 9.17) is 0 Å². The Balaban J connectivity index is 1.72. The molecule has 0 saturated heterocycles. The molecule has 6 atom stereocenters. The van der Waals surface area contributed by atoms with Gasteiger partial charge in [-0.25, -0.2) is 0 Å². The van der Waals surface area contributed by atoms with Gasteiger partial charge in [0.05, 0.1) is 0 Å². The Hall–Kier alpha value is -0.850. The molecule has 4 aliphatic rings. The number of Topliss-reactive ketones (excluding diaryl/α,β-unsaturated/α-hetero) is 1. The van der Waals surface area contributed by atoms with E-state index >= 15 is 0 Å². The lowest BCUT2D eigenvalue weighted by molar-refractivity contribution is -0.132. The van der Waals surface area contributed by atoms with Gasteiger partial charge in [0.15, 0.2) is 5.78 Å². The van der Waals surface area contributed by atoms with Crippen LogP contribution >= 0.6 is 0 Å². The van der Waals surface area contributed by atoms with Crippen molar-refractivity contribution in [1.82, 2.24) is 0 Å². The third kappa shape index (κ3) is 2.01. The van der Waals surface area contributed by atoms with E-state index in [1.165, 1.54) is 43.3 Å². The lowest BCUT2D eigenvalue weighted by atomic mass is 9.46. The van der Waals surface area contributed by atoms with Crippen molar-refractivity contribution in [2.24, 2.45) is 34.5 Å². The minimum absolute atomic E-state index is 0.0602. The largest absolute Gasteiger partial charge is 0.294 e. The van der Waals surface area contributed by atoms with Gasteiger partial charge in [-0.3, -0.25) is 4.79 Å². The van der Waals surface area contributed by atoms with Crippen LogP contribution in [0.1, 0.15) is 72.6 Å². The summed E-state index contributed by atoms with van der Waals surface area (Å²) in [7, 11) is 0. The number of hydrogen-bond donors (Lipinski definition) is 0.